The molecule has 0 heterocycles. The fourth-order valence-corrected chi connectivity index (χ4v) is 2.22. The number of aliphatic hydroxyl groups excluding tert-OH is 1. The molecule has 4 heteroatoms. The topological polar surface area (TPSA) is 52.6 Å². The van der Waals surface area contributed by atoms with Gasteiger partial charge in [-0.1, -0.05) is 18.9 Å². The molecule has 1 aliphatic rings. The predicted octanol–water partition coefficient (Wildman–Crippen LogP) is 0.525. The van der Waals surface area contributed by atoms with Crippen molar-refractivity contribution in [3.63, 3.8) is 0 Å². The average Bonchev–Trinajstić information content (AvgIpc) is 2.79. The maximum atomic E-state index is 11.9. The lowest BCUT2D eigenvalue weighted by Crippen LogP contribution is -2.45. The van der Waals surface area contributed by atoms with Crippen LogP contribution >= 0.6 is 0 Å². The minimum Gasteiger partial charge on any atom is -0.395 e. The van der Waals surface area contributed by atoms with Gasteiger partial charge in [0, 0.05) is 19.1 Å². The Morgan fingerprint density at radius 3 is 2.75 bits per heavy atom. The van der Waals surface area contributed by atoms with Crippen molar-refractivity contribution >= 4 is 5.91 Å². The van der Waals surface area contributed by atoms with Gasteiger partial charge in [-0.3, -0.25) is 4.79 Å². The standard InChI is InChI=1S/C12H22N2O2/c1-2-7-13-10-12(16)14(8-9-15)11-5-3-4-6-11/h2,11,13,15H,1,3-10H2. The normalized spacial score (nSPS) is 16.3. The van der Waals surface area contributed by atoms with Crippen LogP contribution in [0, 0.1) is 0 Å². The largest absolute Gasteiger partial charge is 0.395 e. The van der Waals surface area contributed by atoms with Gasteiger partial charge in [0.1, 0.15) is 0 Å². The van der Waals surface area contributed by atoms with E-state index in [9.17, 15) is 4.79 Å². The molecule has 0 aromatic heterocycles. The number of nitrogens with zero attached hydrogens (tertiary/aromatic N) is 1. The van der Waals surface area contributed by atoms with Crippen LogP contribution in [0.1, 0.15) is 25.7 Å². The summed E-state index contributed by atoms with van der Waals surface area (Å²) in [5.41, 5.74) is 0. The molecule has 0 spiro atoms. The molecule has 2 N–H and O–H groups in total. The van der Waals surface area contributed by atoms with Gasteiger partial charge in [0.05, 0.1) is 13.2 Å². The van der Waals surface area contributed by atoms with E-state index in [0.717, 1.165) is 12.8 Å². The van der Waals surface area contributed by atoms with E-state index in [1.165, 1.54) is 12.8 Å². The van der Waals surface area contributed by atoms with Crippen LogP contribution < -0.4 is 5.32 Å². The summed E-state index contributed by atoms with van der Waals surface area (Å²) in [4.78, 5) is 13.7. The molecular formula is C12H22N2O2. The van der Waals surface area contributed by atoms with Crippen LogP contribution in [0.5, 0.6) is 0 Å². The Bertz CT molecular complexity index is 225. The predicted molar refractivity (Wildman–Crippen MR) is 64.1 cm³/mol. The molecule has 0 aliphatic heterocycles. The minimum absolute atomic E-state index is 0.0453. The molecule has 0 radical (unpaired) electrons. The van der Waals surface area contributed by atoms with Crippen LogP contribution in [-0.2, 0) is 4.79 Å². The molecule has 1 amide bonds. The van der Waals surface area contributed by atoms with E-state index in [4.69, 9.17) is 5.11 Å². The van der Waals surface area contributed by atoms with E-state index in [0.29, 0.717) is 25.7 Å². The quantitative estimate of drug-likeness (QED) is 0.492. The lowest BCUT2D eigenvalue weighted by atomic mass is 10.2. The Balaban J connectivity index is 2.40. The molecular weight excluding hydrogens is 204 g/mol. The van der Waals surface area contributed by atoms with Gasteiger partial charge < -0.3 is 15.3 Å². The highest BCUT2D eigenvalue weighted by Gasteiger charge is 2.25. The number of amides is 1. The number of hydrogen-bond donors (Lipinski definition) is 2. The molecule has 0 aromatic carbocycles. The second-order valence-corrected chi connectivity index (χ2v) is 4.17. The summed E-state index contributed by atoms with van der Waals surface area (Å²) >= 11 is 0. The maximum Gasteiger partial charge on any atom is 0.236 e. The van der Waals surface area contributed by atoms with Crippen LogP contribution in [0.25, 0.3) is 0 Å². The van der Waals surface area contributed by atoms with Gasteiger partial charge in [-0.15, -0.1) is 6.58 Å². The van der Waals surface area contributed by atoms with Crippen LogP contribution in [-0.4, -0.2) is 48.2 Å². The smallest absolute Gasteiger partial charge is 0.236 e. The summed E-state index contributed by atoms with van der Waals surface area (Å²) in [6.45, 7) is 5.07. The first-order chi connectivity index (χ1) is 7.79. The van der Waals surface area contributed by atoms with Gasteiger partial charge in [-0.05, 0) is 12.8 Å². The SMILES string of the molecule is C=CCNCC(=O)N(CCO)C1CCCC1. The minimum atomic E-state index is 0.0453. The molecule has 1 fully saturated rings. The first kappa shape index (κ1) is 13.2. The van der Waals surface area contributed by atoms with Crippen molar-refractivity contribution in [3.8, 4) is 0 Å². The molecule has 0 saturated heterocycles. The highest BCUT2D eigenvalue weighted by Crippen LogP contribution is 2.23. The third kappa shape index (κ3) is 3.94. The zero-order valence-electron chi connectivity index (χ0n) is 9.82. The van der Waals surface area contributed by atoms with Crippen LogP contribution in [0.3, 0.4) is 0 Å². The zero-order chi connectivity index (χ0) is 11.8. The van der Waals surface area contributed by atoms with Crippen molar-refractivity contribution in [3.05, 3.63) is 12.7 Å². The number of hydrogen-bond acceptors (Lipinski definition) is 3. The van der Waals surface area contributed by atoms with E-state index in [-0.39, 0.29) is 12.5 Å². The fourth-order valence-electron chi connectivity index (χ4n) is 2.22. The highest BCUT2D eigenvalue weighted by molar-refractivity contribution is 5.78. The van der Waals surface area contributed by atoms with E-state index >= 15 is 0 Å². The number of aliphatic hydroxyl groups is 1. The van der Waals surface area contributed by atoms with Gasteiger partial charge in [-0.25, -0.2) is 0 Å². The second kappa shape index (κ2) is 7.41. The summed E-state index contributed by atoms with van der Waals surface area (Å²) < 4.78 is 0. The Kier molecular flexibility index (Phi) is 6.11. The van der Waals surface area contributed by atoms with Crippen LogP contribution in [0.2, 0.25) is 0 Å². The van der Waals surface area contributed by atoms with Crippen molar-refractivity contribution in [1.29, 1.82) is 0 Å². The van der Waals surface area contributed by atoms with Gasteiger partial charge in [0.25, 0.3) is 0 Å². The Labute approximate surface area is 97.3 Å². The average molecular weight is 226 g/mol. The van der Waals surface area contributed by atoms with Gasteiger partial charge in [0.2, 0.25) is 5.91 Å². The third-order valence-electron chi connectivity index (χ3n) is 2.99. The molecule has 0 bridgehead atoms. The molecule has 92 valence electrons. The Morgan fingerprint density at radius 1 is 1.50 bits per heavy atom. The summed E-state index contributed by atoms with van der Waals surface area (Å²) in [6, 6.07) is 0.338. The molecule has 0 aromatic rings. The van der Waals surface area contributed by atoms with E-state index < -0.39 is 0 Å². The highest BCUT2D eigenvalue weighted by atomic mass is 16.3. The molecule has 4 nitrogen and oxygen atoms in total. The molecule has 0 atom stereocenters. The van der Waals surface area contributed by atoms with Crippen molar-refractivity contribution in [1.82, 2.24) is 10.2 Å². The van der Waals surface area contributed by atoms with Crippen LogP contribution in [0.4, 0.5) is 0 Å². The Morgan fingerprint density at radius 2 is 2.19 bits per heavy atom. The van der Waals surface area contributed by atoms with E-state index in [1.54, 1.807) is 6.08 Å². The summed E-state index contributed by atoms with van der Waals surface area (Å²) in [7, 11) is 0. The summed E-state index contributed by atoms with van der Waals surface area (Å²) in [5, 5.41) is 12.0. The lowest BCUT2D eigenvalue weighted by Gasteiger charge is -2.28. The number of rotatable bonds is 7. The van der Waals surface area contributed by atoms with Crippen molar-refractivity contribution in [2.45, 2.75) is 31.7 Å². The second-order valence-electron chi connectivity index (χ2n) is 4.17. The van der Waals surface area contributed by atoms with Gasteiger partial charge in [0.15, 0.2) is 0 Å². The zero-order valence-corrected chi connectivity index (χ0v) is 9.82. The van der Waals surface area contributed by atoms with Gasteiger partial charge in [-0.2, -0.15) is 0 Å². The summed E-state index contributed by atoms with van der Waals surface area (Å²) in [6.07, 6.45) is 6.28. The molecule has 1 rings (SSSR count). The third-order valence-corrected chi connectivity index (χ3v) is 2.99. The molecule has 1 aliphatic carbocycles. The van der Waals surface area contributed by atoms with Crippen molar-refractivity contribution in [2.24, 2.45) is 0 Å². The fraction of sp³-hybridized carbons (Fsp3) is 0.750. The maximum absolute atomic E-state index is 11.9. The summed E-state index contributed by atoms with van der Waals surface area (Å²) in [5.74, 6) is 0.0859. The first-order valence-corrected chi connectivity index (χ1v) is 6.01. The van der Waals surface area contributed by atoms with Gasteiger partial charge >= 0.3 is 0 Å². The number of nitrogens with one attached hydrogen (secondary N) is 1. The number of carbonyl (C=O) groups is 1. The lowest BCUT2D eigenvalue weighted by molar-refractivity contribution is -0.133. The van der Waals surface area contributed by atoms with E-state index in [1.807, 2.05) is 4.90 Å². The Hall–Kier alpha value is -0.870. The number of carbonyl (C=O) groups excluding carboxylic acids is 1. The van der Waals surface area contributed by atoms with E-state index in [2.05, 4.69) is 11.9 Å². The monoisotopic (exact) mass is 226 g/mol. The molecule has 16 heavy (non-hydrogen) atoms. The van der Waals surface area contributed by atoms with Crippen LogP contribution in [0.15, 0.2) is 12.7 Å². The molecule has 1 saturated carbocycles. The first-order valence-electron chi connectivity index (χ1n) is 6.01. The van der Waals surface area contributed by atoms with Crippen molar-refractivity contribution in [2.75, 3.05) is 26.2 Å². The van der Waals surface area contributed by atoms with Crippen molar-refractivity contribution < 1.29 is 9.90 Å². The molecule has 0 unspecified atom stereocenters.